The maximum atomic E-state index is 3.61. The molecule has 0 aromatic rings. The van der Waals surface area contributed by atoms with Crippen LogP contribution in [0.25, 0.3) is 0 Å². The summed E-state index contributed by atoms with van der Waals surface area (Å²) in [5.41, 5.74) is 0. The third-order valence-corrected chi connectivity index (χ3v) is 3.15. The van der Waals surface area contributed by atoms with Crippen LogP contribution in [0.4, 0.5) is 0 Å². The second-order valence-electron chi connectivity index (χ2n) is 4.41. The van der Waals surface area contributed by atoms with Crippen LogP contribution in [0, 0.1) is 5.92 Å². The molecule has 1 saturated carbocycles. The highest BCUT2D eigenvalue weighted by atomic mass is 14.9. The topological polar surface area (TPSA) is 12.0 Å². The monoisotopic (exact) mass is 183 g/mol. The fourth-order valence-corrected chi connectivity index (χ4v) is 1.85. The van der Waals surface area contributed by atoms with E-state index in [1.54, 1.807) is 0 Å². The first-order valence-corrected chi connectivity index (χ1v) is 6.10. The molecular weight excluding hydrogens is 158 g/mol. The van der Waals surface area contributed by atoms with Crippen LogP contribution in [0.5, 0.6) is 0 Å². The van der Waals surface area contributed by atoms with Gasteiger partial charge in [0.15, 0.2) is 0 Å². The molecule has 13 heavy (non-hydrogen) atoms. The van der Waals surface area contributed by atoms with Gasteiger partial charge in [-0.2, -0.15) is 0 Å². The molecule has 1 nitrogen and oxygen atoms in total. The van der Waals surface area contributed by atoms with Crippen molar-refractivity contribution in [3.8, 4) is 0 Å². The van der Waals surface area contributed by atoms with Gasteiger partial charge in [-0.15, -0.1) is 0 Å². The summed E-state index contributed by atoms with van der Waals surface area (Å²) in [6.07, 6.45) is 9.90. The second-order valence-corrected chi connectivity index (χ2v) is 4.41. The zero-order valence-electron chi connectivity index (χ0n) is 9.31. The molecule has 78 valence electrons. The number of rotatable bonds is 8. The zero-order chi connectivity index (χ0) is 9.52. The molecule has 0 aromatic carbocycles. The lowest BCUT2D eigenvalue weighted by atomic mass is 10.1. The predicted octanol–water partition coefficient (Wildman–Crippen LogP) is 3.34. The second kappa shape index (κ2) is 6.42. The molecule has 0 spiro atoms. The van der Waals surface area contributed by atoms with Crippen molar-refractivity contribution in [1.29, 1.82) is 0 Å². The summed E-state index contributed by atoms with van der Waals surface area (Å²) >= 11 is 0. The van der Waals surface area contributed by atoms with Crippen LogP contribution >= 0.6 is 0 Å². The largest absolute Gasteiger partial charge is 0.314 e. The fraction of sp³-hybridized carbons (Fsp3) is 1.00. The Morgan fingerprint density at radius 2 is 1.85 bits per heavy atom. The van der Waals surface area contributed by atoms with Gasteiger partial charge < -0.3 is 5.32 Å². The molecule has 0 aliphatic heterocycles. The van der Waals surface area contributed by atoms with E-state index in [9.17, 15) is 0 Å². The minimum absolute atomic E-state index is 0.765. The molecule has 0 saturated heterocycles. The molecule has 1 aliphatic rings. The van der Waals surface area contributed by atoms with Crippen LogP contribution in [0.15, 0.2) is 0 Å². The maximum absolute atomic E-state index is 3.61. The van der Waals surface area contributed by atoms with Crippen molar-refractivity contribution in [3.05, 3.63) is 0 Å². The summed E-state index contributed by atoms with van der Waals surface area (Å²) in [6.45, 7) is 5.77. The quantitative estimate of drug-likeness (QED) is 0.569. The summed E-state index contributed by atoms with van der Waals surface area (Å²) in [4.78, 5) is 0. The first-order chi connectivity index (χ1) is 6.36. The average Bonchev–Trinajstić information content (AvgIpc) is 2.95. The molecule has 0 aromatic heterocycles. The predicted molar refractivity (Wildman–Crippen MR) is 58.9 cm³/mol. The van der Waals surface area contributed by atoms with Gasteiger partial charge in [-0.05, 0) is 31.7 Å². The Balaban J connectivity index is 1.81. The third kappa shape index (κ3) is 5.30. The highest BCUT2D eigenvalue weighted by molar-refractivity contribution is 4.72. The Bertz CT molecular complexity index is 114. The standard InChI is InChI=1S/C12H25N/c1-3-12(4-2)13-10-6-5-7-11-8-9-11/h11-13H,3-10H2,1-2H3. The van der Waals surface area contributed by atoms with Crippen LogP contribution in [0.3, 0.4) is 0 Å². The van der Waals surface area contributed by atoms with Gasteiger partial charge in [-0.3, -0.25) is 0 Å². The molecule has 1 rings (SSSR count). The normalized spacial score (nSPS) is 16.8. The highest BCUT2D eigenvalue weighted by Gasteiger charge is 2.19. The Labute approximate surface area is 83.3 Å². The fourth-order valence-electron chi connectivity index (χ4n) is 1.85. The van der Waals surface area contributed by atoms with Crippen molar-refractivity contribution in [3.63, 3.8) is 0 Å². The molecule has 0 radical (unpaired) electrons. The summed E-state index contributed by atoms with van der Waals surface area (Å²) in [7, 11) is 0. The van der Waals surface area contributed by atoms with E-state index in [-0.39, 0.29) is 0 Å². The minimum atomic E-state index is 0.765. The summed E-state index contributed by atoms with van der Waals surface area (Å²) in [5, 5.41) is 3.61. The molecule has 0 unspecified atom stereocenters. The van der Waals surface area contributed by atoms with Crippen molar-refractivity contribution >= 4 is 0 Å². The Hall–Kier alpha value is -0.0400. The molecule has 1 N–H and O–H groups in total. The Kier molecular flexibility index (Phi) is 5.45. The van der Waals surface area contributed by atoms with Crippen LogP contribution in [0.2, 0.25) is 0 Å². The first kappa shape index (κ1) is 11.0. The van der Waals surface area contributed by atoms with Crippen LogP contribution < -0.4 is 5.32 Å². The van der Waals surface area contributed by atoms with E-state index in [4.69, 9.17) is 0 Å². The minimum Gasteiger partial charge on any atom is -0.314 e. The van der Waals surface area contributed by atoms with Crippen LogP contribution in [0.1, 0.15) is 58.8 Å². The highest BCUT2D eigenvalue weighted by Crippen LogP contribution is 2.33. The van der Waals surface area contributed by atoms with E-state index in [0.717, 1.165) is 12.0 Å². The maximum Gasteiger partial charge on any atom is 0.00618 e. The number of hydrogen-bond acceptors (Lipinski definition) is 1. The summed E-state index contributed by atoms with van der Waals surface area (Å²) in [5.74, 6) is 1.12. The van der Waals surface area contributed by atoms with Gasteiger partial charge >= 0.3 is 0 Å². The summed E-state index contributed by atoms with van der Waals surface area (Å²) in [6, 6.07) is 0.765. The van der Waals surface area contributed by atoms with Gasteiger partial charge in [0.25, 0.3) is 0 Å². The lowest BCUT2D eigenvalue weighted by molar-refractivity contribution is 0.467. The van der Waals surface area contributed by atoms with Crippen molar-refractivity contribution < 1.29 is 0 Å². The van der Waals surface area contributed by atoms with Crippen molar-refractivity contribution in [2.24, 2.45) is 5.92 Å². The van der Waals surface area contributed by atoms with E-state index in [2.05, 4.69) is 19.2 Å². The van der Waals surface area contributed by atoms with E-state index in [0.29, 0.717) is 0 Å². The SMILES string of the molecule is CCC(CC)NCCCCC1CC1. The van der Waals surface area contributed by atoms with Crippen LogP contribution in [-0.2, 0) is 0 Å². The van der Waals surface area contributed by atoms with Gasteiger partial charge in [0.1, 0.15) is 0 Å². The molecule has 1 fully saturated rings. The smallest absolute Gasteiger partial charge is 0.00618 e. The van der Waals surface area contributed by atoms with Crippen LogP contribution in [-0.4, -0.2) is 12.6 Å². The number of unbranched alkanes of at least 4 members (excludes halogenated alkanes) is 1. The van der Waals surface area contributed by atoms with Gasteiger partial charge in [-0.1, -0.05) is 39.5 Å². The van der Waals surface area contributed by atoms with E-state index < -0.39 is 0 Å². The van der Waals surface area contributed by atoms with Gasteiger partial charge in [-0.25, -0.2) is 0 Å². The van der Waals surface area contributed by atoms with E-state index in [1.807, 2.05) is 0 Å². The van der Waals surface area contributed by atoms with Gasteiger partial charge in [0, 0.05) is 6.04 Å². The molecule has 0 amide bonds. The Morgan fingerprint density at radius 3 is 2.38 bits per heavy atom. The molecule has 0 heterocycles. The van der Waals surface area contributed by atoms with Crippen molar-refractivity contribution in [1.82, 2.24) is 5.32 Å². The van der Waals surface area contributed by atoms with Gasteiger partial charge in [0.2, 0.25) is 0 Å². The van der Waals surface area contributed by atoms with E-state index >= 15 is 0 Å². The number of nitrogens with one attached hydrogen (secondary N) is 1. The zero-order valence-corrected chi connectivity index (χ0v) is 9.31. The average molecular weight is 183 g/mol. The van der Waals surface area contributed by atoms with Crippen molar-refractivity contribution in [2.75, 3.05) is 6.54 Å². The molecule has 0 atom stereocenters. The third-order valence-electron chi connectivity index (χ3n) is 3.15. The molecule has 1 aliphatic carbocycles. The molecular formula is C12H25N. The Morgan fingerprint density at radius 1 is 1.15 bits per heavy atom. The van der Waals surface area contributed by atoms with E-state index in [1.165, 1.54) is 51.5 Å². The van der Waals surface area contributed by atoms with Crippen molar-refractivity contribution in [2.45, 2.75) is 64.8 Å². The molecule has 0 bridgehead atoms. The van der Waals surface area contributed by atoms with Gasteiger partial charge in [0.05, 0.1) is 0 Å². The first-order valence-electron chi connectivity index (χ1n) is 6.10. The lowest BCUT2D eigenvalue weighted by Gasteiger charge is -2.14. The number of hydrogen-bond donors (Lipinski definition) is 1. The molecule has 1 heteroatoms. The lowest BCUT2D eigenvalue weighted by Crippen LogP contribution is -2.28. The summed E-state index contributed by atoms with van der Waals surface area (Å²) < 4.78 is 0.